The number of hydrogen-bond acceptors (Lipinski definition) is 3. The molecule has 0 aliphatic carbocycles. The minimum absolute atomic E-state index is 0.207. The molecule has 0 aliphatic rings. The third kappa shape index (κ3) is 3.81. The fourth-order valence-corrected chi connectivity index (χ4v) is 0.591. The van der Waals surface area contributed by atoms with Gasteiger partial charge in [0.05, 0.1) is 0 Å². The Morgan fingerprint density at radius 1 is 1.45 bits per heavy atom. The molecule has 0 spiro atoms. The van der Waals surface area contributed by atoms with E-state index in [0.717, 1.165) is 12.4 Å². The van der Waals surface area contributed by atoms with E-state index in [1.54, 1.807) is 0 Å². The van der Waals surface area contributed by atoms with Crippen LogP contribution in [0.2, 0.25) is 0 Å². The van der Waals surface area contributed by atoms with Gasteiger partial charge in [-0.2, -0.15) is 0 Å². The molecule has 3 nitrogen and oxygen atoms in total. The van der Waals surface area contributed by atoms with Gasteiger partial charge in [0.2, 0.25) is 0 Å². The van der Waals surface area contributed by atoms with Crippen LogP contribution >= 0.6 is 0 Å². The summed E-state index contributed by atoms with van der Waals surface area (Å²) in [6, 6.07) is -0.423. The van der Waals surface area contributed by atoms with Gasteiger partial charge >= 0.3 is 66.3 Å². The Morgan fingerprint density at radius 3 is 2.27 bits per heavy atom. The van der Waals surface area contributed by atoms with Gasteiger partial charge in [-0.3, -0.25) is 0 Å². The zero-order valence-electron chi connectivity index (χ0n) is 7.07. The van der Waals surface area contributed by atoms with Crippen LogP contribution in [0.1, 0.15) is 20.8 Å². The molecule has 1 atom stereocenters. The van der Waals surface area contributed by atoms with Gasteiger partial charge in [-0.15, -0.1) is 0 Å². The minimum atomic E-state index is -0.423. The first-order valence-electron chi connectivity index (χ1n) is 3.44. The molecule has 0 amide bonds. The third-order valence-electron chi connectivity index (χ3n) is 1.32. The van der Waals surface area contributed by atoms with E-state index in [-0.39, 0.29) is 5.41 Å². The van der Waals surface area contributed by atoms with Crippen LogP contribution in [0.5, 0.6) is 0 Å². The van der Waals surface area contributed by atoms with Crippen molar-refractivity contribution in [1.29, 1.82) is 0 Å². The van der Waals surface area contributed by atoms with Gasteiger partial charge in [0.25, 0.3) is 0 Å². The third-order valence-corrected chi connectivity index (χ3v) is 1.32. The van der Waals surface area contributed by atoms with E-state index in [1.807, 2.05) is 20.8 Å². The van der Waals surface area contributed by atoms with Gasteiger partial charge in [-0.25, -0.2) is 0 Å². The van der Waals surface area contributed by atoms with Crippen LogP contribution in [0.4, 0.5) is 0 Å². The van der Waals surface area contributed by atoms with Crippen LogP contribution in [0.3, 0.4) is 0 Å². The summed E-state index contributed by atoms with van der Waals surface area (Å²) in [6.07, 6.45) is 1.87. The van der Waals surface area contributed by atoms with Crippen LogP contribution in [-0.2, 0) is 9.50 Å². The van der Waals surface area contributed by atoms with Crippen LogP contribution < -0.4 is 0 Å². The van der Waals surface area contributed by atoms with Crippen molar-refractivity contribution in [1.82, 2.24) is 0 Å². The monoisotopic (exact) mass is 153 g/mol. The van der Waals surface area contributed by atoms with Gasteiger partial charge in [0.1, 0.15) is 0 Å². The fourth-order valence-electron chi connectivity index (χ4n) is 0.591. The van der Waals surface area contributed by atoms with Gasteiger partial charge in [-0.05, 0) is 0 Å². The first-order chi connectivity index (χ1) is 5.02. The van der Waals surface area contributed by atoms with Crippen LogP contribution in [0.25, 0.3) is 0 Å². The second-order valence-electron chi connectivity index (χ2n) is 3.38. The summed E-state index contributed by atoms with van der Waals surface area (Å²) >= 11 is 0. The Kier molecular flexibility index (Phi) is 3.86. The van der Waals surface area contributed by atoms with Crippen LogP contribution in [-0.4, -0.2) is 25.6 Å². The standard InChI is InChI=1S/C7H12BNO2/c1-7(2,3)6(4-10)9-5-8-11/h4-6H,1-3H3/b9-5+/t6-/m1/s1. The molecule has 11 heavy (non-hydrogen) atoms. The van der Waals surface area contributed by atoms with E-state index in [4.69, 9.17) is 0 Å². The molecule has 4 heteroatoms. The molecule has 0 fully saturated rings. The number of rotatable bonds is 3. The molecule has 0 N–H and O–H groups in total. The first kappa shape index (κ1) is 10.2. The summed E-state index contributed by atoms with van der Waals surface area (Å²) in [5.41, 5.74) is -0.207. The molecule has 60 valence electrons. The summed E-state index contributed by atoms with van der Waals surface area (Å²) in [7, 11) is 0.572. The SMILES string of the molecule is CC(C)(C)[C@@H](C=O)/N=C/B=O. The van der Waals surface area contributed by atoms with Gasteiger partial charge < -0.3 is 0 Å². The van der Waals surface area contributed by atoms with Crippen molar-refractivity contribution in [3.8, 4) is 0 Å². The maximum absolute atomic E-state index is 10.4. The predicted octanol–water partition coefficient (Wildman–Crippen LogP) is 0.678. The Bertz CT molecular complexity index is 172. The molecule has 0 saturated heterocycles. The average Bonchev–Trinajstić information content (AvgIpc) is 1.87. The van der Waals surface area contributed by atoms with Crippen LogP contribution in [0, 0.1) is 5.41 Å². The molecule has 0 bridgehead atoms. The van der Waals surface area contributed by atoms with Crippen molar-refractivity contribution < 1.29 is 9.50 Å². The summed E-state index contributed by atoms with van der Waals surface area (Å²) in [6.45, 7) is 5.69. The molecule has 0 aliphatic heterocycles. The van der Waals surface area contributed by atoms with Crippen molar-refractivity contribution in [3.05, 3.63) is 0 Å². The number of aldehydes is 1. The molecular weight excluding hydrogens is 141 g/mol. The summed E-state index contributed by atoms with van der Waals surface area (Å²) in [4.78, 5) is 14.2. The van der Waals surface area contributed by atoms with Gasteiger partial charge in [-0.1, -0.05) is 0 Å². The Morgan fingerprint density at radius 2 is 2.00 bits per heavy atom. The maximum atomic E-state index is 10.4. The molecule has 0 radical (unpaired) electrons. The summed E-state index contributed by atoms with van der Waals surface area (Å²) < 4.78 is 9.89. The van der Waals surface area contributed by atoms with Crippen molar-refractivity contribution >= 4 is 19.6 Å². The molecular formula is C7H12BNO2. The van der Waals surface area contributed by atoms with E-state index < -0.39 is 6.04 Å². The van der Waals surface area contributed by atoms with Crippen molar-refractivity contribution in [3.63, 3.8) is 0 Å². The molecule has 0 rings (SSSR count). The fraction of sp³-hybridized carbons (Fsp3) is 0.714. The molecule has 0 aromatic rings. The molecule has 0 unspecified atom stereocenters. The van der Waals surface area contributed by atoms with Crippen molar-refractivity contribution in [2.45, 2.75) is 26.8 Å². The summed E-state index contributed by atoms with van der Waals surface area (Å²) in [5, 5.41) is 0. The van der Waals surface area contributed by atoms with Gasteiger partial charge in [0.15, 0.2) is 0 Å². The Hall–Kier alpha value is -0.795. The topological polar surface area (TPSA) is 46.5 Å². The quantitative estimate of drug-likeness (QED) is 0.340. The number of aliphatic imine (C=N–C) groups is 1. The second kappa shape index (κ2) is 4.16. The number of nitrogens with zero attached hydrogens (tertiary/aromatic N) is 1. The number of carbonyl (C=O) groups is 1. The number of hydrogen-bond donors (Lipinski definition) is 0. The van der Waals surface area contributed by atoms with Crippen molar-refractivity contribution in [2.24, 2.45) is 10.4 Å². The van der Waals surface area contributed by atoms with E-state index in [0.29, 0.717) is 7.15 Å². The van der Waals surface area contributed by atoms with E-state index in [2.05, 4.69) is 4.99 Å². The second-order valence-corrected chi connectivity index (χ2v) is 3.38. The van der Waals surface area contributed by atoms with Crippen LogP contribution in [0.15, 0.2) is 4.99 Å². The predicted molar refractivity (Wildman–Crippen MR) is 44.2 cm³/mol. The first-order valence-corrected chi connectivity index (χ1v) is 3.44. The Labute approximate surface area is 67.2 Å². The van der Waals surface area contributed by atoms with E-state index in [9.17, 15) is 9.50 Å². The molecule has 0 saturated carbocycles. The molecule has 0 aromatic carbocycles. The Balaban J connectivity index is 4.29. The average molecular weight is 153 g/mol. The number of carbonyl (C=O) groups excluding carboxylic acids is 1. The van der Waals surface area contributed by atoms with E-state index in [1.165, 1.54) is 0 Å². The molecule has 0 aromatic heterocycles. The zero-order chi connectivity index (χ0) is 8.91. The molecule has 0 heterocycles. The van der Waals surface area contributed by atoms with Crippen molar-refractivity contribution in [2.75, 3.05) is 0 Å². The summed E-state index contributed by atoms with van der Waals surface area (Å²) in [5.74, 6) is 0. The van der Waals surface area contributed by atoms with Gasteiger partial charge in [0, 0.05) is 0 Å². The normalized spacial score (nSPS) is 14.5. The van der Waals surface area contributed by atoms with E-state index >= 15 is 0 Å². The zero-order valence-corrected chi connectivity index (χ0v) is 7.07.